The molecule has 0 radical (unpaired) electrons. The van der Waals surface area contributed by atoms with Crippen LogP contribution in [-0.4, -0.2) is 18.1 Å². The van der Waals surface area contributed by atoms with Crippen molar-refractivity contribution in [1.29, 1.82) is 0 Å². The minimum absolute atomic E-state index is 0.0280. The smallest absolute Gasteiger partial charge is 0.133 e. The van der Waals surface area contributed by atoms with Crippen molar-refractivity contribution in [3.63, 3.8) is 0 Å². The first kappa shape index (κ1) is 12.0. The van der Waals surface area contributed by atoms with Gasteiger partial charge in [-0.3, -0.25) is 0 Å². The molecule has 84 valence electrons. The highest BCUT2D eigenvalue weighted by molar-refractivity contribution is 5.48. The molecule has 0 saturated heterocycles. The van der Waals surface area contributed by atoms with E-state index in [4.69, 9.17) is 5.73 Å². The first-order valence-electron chi connectivity index (χ1n) is 5.51. The first-order chi connectivity index (χ1) is 7.07. The summed E-state index contributed by atoms with van der Waals surface area (Å²) in [5.41, 5.74) is 7.04. The van der Waals surface area contributed by atoms with Gasteiger partial charge in [0, 0.05) is 30.9 Å². The number of rotatable bonds is 4. The van der Waals surface area contributed by atoms with E-state index < -0.39 is 0 Å². The van der Waals surface area contributed by atoms with Crippen molar-refractivity contribution in [2.75, 3.05) is 11.9 Å². The molecule has 0 aliphatic carbocycles. The third-order valence-corrected chi connectivity index (χ3v) is 2.89. The first-order valence-corrected chi connectivity index (χ1v) is 5.51. The van der Waals surface area contributed by atoms with Crippen LogP contribution >= 0.6 is 0 Å². The van der Waals surface area contributed by atoms with E-state index >= 15 is 0 Å². The van der Waals surface area contributed by atoms with Gasteiger partial charge >= 0.3 is 0 Å². The van der Waals surface area contributed by atoms with Crippen molar-refractivity contribution in [3.05, 3.63) is 23.9 Å². The molecule has 1 aromatic heterocycles. The number of pyridine rings is 1. The van der Waals surface area contributed by atoms with Crippen LogP contribution in [-0.2, 0) is 0 Å². The van der Waals surface area contributed by atoms with E-state index in [0.29, 0.717) is 6.04 Å². The highest BCUT2D eigenvalue weighted by Gasteiger charge is 2.14. The van der Waals surface area contributed by atoms with Crippen molar-refractivity contribution in [2.24, 2.45) is 5.73 Å². The van der Waals surface area contributed by atoms with Crippen LogP contribution in [0.1, 0.15) is 38.8 Å². The highest BCUT2D eigenvalue weighted by Crippen LogP contribution is 2.23. The highest BCUT2D eigenvalue weighted by atomic mass is 15.2. The van der Waals surface area contributed by atoms with Crippen LogP contribution < -0.4 is 10.6 Å². The monoisotopic (exact) mass is 207 g/mol. The Labute approximate surface area is 92.3 Å². The Hall–Kier alpha value is -1.09. The van der Waals surface area contributed by atoms with E-state index in [9.17, 15) is 0 Å². The summed E-state index contributed by atoms with van der Waals surface area (Å²) in [7, 11) is 2.07. The van der Waals surface area contributed by atoms with Crippen LogP contribution in [0.25, 0.3) is 0 Å². The molecule has 0 spiro atoms. The maximum absolute atomic E-state index is 5.93. The fourth-order valence-corrected chi connectivity index (χ4v) is 1.54. The summed E-state index contributed by atoms with van der Waals surface area (Å²) in [5, 5.41) is 0. The SMILES string of the molecule is CCC(C)N(C)c1ncccc1[C@H](C)N. The van der Waals surface area contributed by atoms with Gasteiger partial charge in [0.25, 0.3) is 0 Å². The number of aromatic nitrogens is 1. The molecule has 1 aromatic rings. The predicted octanol–water partition coefficient (Wildman–Crippen LogP) is 2.34. The molecular formula is C12H21N3. The fraction of sp³-hybridized carbons (Fsp3) is 0.583. The van der Waals surface area contributed by atoms with Gasteiger partial charge in [-0.25, -0.2) is 4.98 Å². The molecule has 0 amide bonds. The van der Waals surface area contributed by atoms with Crippen molar-refractivity contribution >= 4 is 5.82 Å². The van der Waals surface area contributed by atoms with Gasteiger partial charge in [0.05, 0.1) is 0 Å². The summed E-state index contributed by atoms with van der Waals surface area (Å²) in [6.45, 7) is 6.36. The van der Waals surface area contributed by atoms with E-state index in [0.717, 1.165) is 17.8 Å². The van der Waals surface area contributed by atoms with E-state index in [1.165, 1.54) is 0 Å². The van der Waals surface area contributed by atoms with Gasteiger partial charge in [0.1, 0.15) is 5.82 Å². The zero-order valence-electron chi connectivity index (χ0n) is 10.1. The molecule has 15 heavy (non-hydrogen) atoms. The average molecular weight is 207 g/mol. The molecule has 3 nitrogen and oxygen atoms in total. The Kier molecular flexibility index (Phi) is 4.09. The Balaban J connectivity index is 3.02. The molecule has 1 unspecified atom stereocenters. The Morgan fingerprint density at radius 2 is 2.13 bits per heavy atom. The van der Waals surface area contributed by atoms with Gasteiger partial charge in [0.15, 0.2) is 0 Å². The Morgan fingerprint density at radius 1 is 1.47 bits per heavy atom. The summed E-state index contributed by atoms with van der Waals surface area (Å²) >= 11 is 0. The topological polar surface area (TPSA) is 42.2 Å². The van der Waals surface area contributed by atoms with Crippen molar-refractivity contribution in [2.45, 2.75) is 39.3 Å². The molecule has 0 saturated carbocycles. The van der Waals surface area contributed by atoms with Crippen LogP contribution in [0.2, 0.25) is 0 Å². The third kappa shape index (κ3) is 2.69. The van der Waals surface area contributed by atoms with Crippen molar-refractivity contribution in [3.8, 4) is 0 Å². The molecule has 1 heterocycles. The van der Waals surface area contributed by atoms with Gasteiger partial charge in [-0.15, -0.1) is 0 Å². The Bertz CT molecular complexity index is 309. The summed E-state index contributed by atoms with van der Waals surface area (Å²) in [6.07, 6.45) is 2.92. The number of anilines is 1. The van der Waals surface area contributed by atoms with Gasteiger partial charge in [-0.1, -0.05) is 13.0 Å². The maximum Gasteiger partial charge on any atom is 0.133 e. The molecule has 1 rings (SSSR count). The van der Waals surface area contributed by atoms with Crippen LogP contribution in [0.15, 0.2) is 18.3 Å². The van der Waals surface area contributed by atoms with E-state index in [1.54, 1.807) is 0 Å². The van der Waals surface area contributed by atoms with Crippen LogP contribution in [0.5, 0.6) is 0 Å². The van der Waals surface area contributed by atoms with Crippen LogP contribution in [0, 0.1) is 0 Å². The summed E-state index contributed by atoms with van der Waals surface area (Å²) in [5.74, 6) is 1.00. The maximum atomic E-state index is 5.93. The second-order valence-electron chi connectivity index (χ2n) is 4.07. The fourth-order valence-electron chi connectivity index (χ4n) is 1.54. The minimum atomic E-state index is 0.0280. The average Bonchev–Trinajstić information content (AvgIpc) is 2.27. The normalized spacial score (nSPS) is 14.7. The molecule has 0 bridgehead atoms. The zero-order valence-corrected chi connectivity index (χ0v) is 10.1. The molecular weight excluding hydrogens is 186 g/mol. The lowest BCUT2D eigenvalue weighted by Gasteiger charge is -2.27. The van der Waals surface area contributed by atoms with E-state index in [2.05, 4.69) is 30.8 Å². The van der Waals surface area contributed by atoms with E-state index in [-0.39, 0.29) is 6.04 Å². The van der Waals surface area contributed by atoms with Gasteiger partial charge in [-0.2, -0.15) is 0 Å². The molecule has 0 fully saturated rings. The molecule has 2 atom stereocenters. The van der Waals surface area contributed by atoms with Crippen molar-refractivity contribution < 1.29 is 0 Å². The standard InChI is InChI=1S/C12H21N3/c1-5-9(2)15(4)12-11(10(3)13)7-6-8-14-12/h6-10H,5,13H2,1-4H3/t9?,10-/m0/s1. The lowest BCUT2D eigenvalue weighted by Crippen LogP contribution is -2.30. The number of hydrogen-bond donors (Lipinski definition) is 1. The van der Waals surface area contributed by atoms with Crippen LogP contribution in [0.4, 0.5) is 5.82 Å². The predicted molar refractivity (Wildman–Crippen MR) is 65.0 cm³/mol. The van der Waals surface area contributed by atoms with Gasteiger partial charge in [0.2, 0.25) is 0 Å². The molecule has 2 N–H and O–H groups in total. The summed E-state index contributed by atoms with van der Waals surface area (Å²) in [6, 6.07) is 4.50. The minimum Gasteiger partial charge on any atom is -0.357 e. The lowest BCUT2D eigenvalue weighted by atomic mass is 10.1. The van der Waals surface area contributed by atoms with Gasteiger partial charge in [-0.05, 0) is 26.3 Å². The van der Waals surface area contributed by atoms with Crippen molar-refractivity contribution in [1.82, 2.24) is 4.98 Å². The quantitative estimate of drug-likeness (QED) is 0.824. The summed E-state index contributed by atoms with van der Waals surface area (Å²) < 4.78 is 0. The Morgan fingerprint density at radius 3 is 2.67 bits per heavy atom. The molecule has 0 aliphatic rings. The molecule has 0 aliphatic heterocycles. The number of nitrogens with zero attached hydrogens (tertiary/aromatic N) is 2. The zero-order chi connectivity index (χ0) is 11.4. The lowest BCUT2D eigenvalue weighted by molar-refractivity contribution is 0.649. The van der Waals surface area contributed by atoms with Gasteiger partial charge < -0.3 is 10.6 Å². The second-order valence-corrected chi connectivity index (χ2v) is 4.07. The third-order valence-electron chi connectivity index (χ3n) is 2.89. The molecule has 3 heteroatoms. The largest absolute Gasteiger partial charge is 0.357 e. The molecule has 0 aromatic carbocycles. The second kappa shape index (κ2) is 5.12. The number of nitrogens with two attached hydrogens (primary N) is 1. The number of hydrogen-bond acceptors (Lipinski definition) is 3. The summed E-state index contributed by atoms with van der Waals surface area (Å²) in [4.78, 5) is 6.61. The van der Waals surface area contributed by atoms with E-state index in [1.807, 2.05) is 25.3 Å². The van der Waals surface area contributed by atoms with Crippen LogP contribution in [0.3, 0.4) is 0 Å².